The van der Waals surface area contributed by atoms with Crippen LogP contribution in [0.4, 0.5) is 0 Å². The zero-order valence-corrected chi connectivity index (χ0v) is 17.7. The Bertz CT molecular complexity index is 807. The number of hydrogen-bond acceptors (Lipinski definition) is 2. The van der Waals surface area contributed by atoms with Crippen LogP contribution in [0.1, 0.15) is 73.4 Å². The standard InChI is InChI=1S/C23H33N3O/c1-7-26-17(3)21(16(2)24-26)15-25(14-18-8-9-18)22(27)19-10-12-20(13-11-19)23(4,5)6/h10-13,18H,7-9,14-15H2,1-6H3. The van der Waals surface area contributed by atoms with Crippen molar-refractivity contribution in [1.29, 1.82) is 0 Å². The van der Waals surface area contributed by atoms with Crippen molar-refractivity contribution in [1.82, 2.24) is 14.7 Å². The molecule has 0 radical (unpaired) electrons. The van der Waals surface area contributed by atoms with Crippen LogP contribution in [-0.4, -0.2) is 27.1 Å². The summed E-state index contributed by atoms with van der Waals surface area (Å²) in [7, 11) is 0. The second-order valence-corrected chi connectivity index (χ2v) is 8.92. The normalized spacial score (nSPS) is 14.4. The van der Waals surface area contributed by atoms with Gasteiger partial charge in [-0.05, 0) is 62.6 Å². The number of carbonyl (C=O) groups excluding carboxylic acids is 1. The van der Waals surface area contributed by atoms with Crippen LogP contribution in [0.5, 0.6) is 0 Å². The summed E-state index contributed by atoms with van der Waals surface area (Å²) in [5.74, 6) is 0.787. The lowest BCUT2D eigenvalue weighted by atomic mass is 9.86. The van der Waals surface area contributed by atoms with Crippen LogP contribution in [0.15, 0.2) is 24.3 Å². The molecule has 0 N–H and O–H groups in total. The summed E-state index contributed by atoms with van der Waals surface area (Å²) in [6, 6.07) is 8.15. The Morgan fingerprint density at radius 3 is 2.30 bits per heavy atom. The minimum atomic E-state index is 0.0955. The lowest BCUT2D eigenvalue weighted by Gasteiger charge is -2.24. The van der Waals surface area contributed by atoms with Crippen LogP contribution in [0.25, 0.3) is 0 Å². The molecule has 27 heavy (non-hydrogen) atoms. The smallest absolute Gasteiger partial charge is 0.254 e. The molecule has 0 bridgehead atoms. The van der Waals surface area contributed by atoms with Gasteiger partial charge in [-0.3, -0.25) is 9.48 Å². The van der Waals surface area contributed by atoms with Crippen molar-refractivity contribution in [3.05, 3.63) is 52.3 Å². The molecule has 0 spiro atoms. The predicted molar refractivity (Wildman–Crippen MR) is 110 cm³/mol. The number of nitrogens with zero attached hydrogens (tertiary/aromatic N) is 3. The van der Waals surface area contributed by atoms with Crippen LogP contribution in [0, 0.1) is 19.8 Å². The molecule has 1 saturated carbocycles. The highest BCUT2D eigenvalue weighted by molar-refractivity contribution is 5.94. The number of amides is 1. The summed E-state index contributed by atoms with van der Waals surface area (Å²) in [6.45, 7) is 15.2. The van der Waals surface area contributed by atoms with E-state index >= 15 is 0 Å². The number of rotatable bonds is 6. The van der Waals surface area contributed by atoms with E-state index < -0.39 is 0 Å². The van der Waals surface area contributed by atoms with Gasteiger partial charge in [0.15, 0.2) is 0 Å². The highest BCUT2D eigenvalue weighted by atomic mass is 16.2. The summed E-state index contributed by atoms with van der Waals surface area (Å²) in [5, 5.41) is 4.63. The number of hydrogen-bond donors (Lipinski definition) is 0. The average Bonchev–Trinajstić information content (AvgIpc) is 3.40. The Kier molecular flexibility index (Phi) is 5.45. The van der Waals surface area contributed by atoms with E-state index in [1.165, 1.54) is 29.7 Å². The molecule has 1 aliphatic carbocycles. The summed E-state index contributed by atoms with van der Waals surface area (Å²) >= 11 is 0. The van der Waals surface area contributed by atoms with Crippen molar-refractivity contribution in [3.8, 4) is 0 Å². The van der Waals surface area contributed by atoms with Gasteiger partial charge in [-0.25, -0.2) is 0 Å². The summed E-state index contributed by atoms with van der Waals surface area (Å²) in [4.78, 5) is 15.3. The predicted octanol–water partition coefficient (Wildman–Crippen LogP) is 4.87. The highest BCUT2D eigenvalue weighted by Crippen LogP contribution is 2.31. The third-order valence-electron chi connectivity index (χ3n) is 5.64. The topological polar surface area (TPSA) is 38.1 Å². The van der Waals surface area contributed by atoms with Gasteiger partial charge in [-0.15, -0.1) is 0 Å². The Morgan fingerprint density at radius 1 is 1.19 bits per heavy atom. The van der Waals surface area contributed by atoms with E-state index in [-0.39, 0.29) is 11.3 Å². The van der Waals surface area contributed by atoms with E-state index in [0.29, 0.717) is 12.5 Å². The number of aryl methyl sites for hydroxylation is 2. The van der Waals surface area contributed by atoms with E-state index in [4.69, 9.17) is 0 Å². The first-order valence-corrected chi connectivity index (χ1v) is 10.1. The third kappa shape index (κ3) is 4.42. The second-order valence-electron chi connectivity index (χ2n) is 8.92. The van der Waals surface area contributed by atoms with Crippen molar-refractivity contribution in [2.24, 2.45) is 5.92 Å². The monoisotopic (exact) mass is 367 g/mol. The van der Waals surface area contributed by atoms with Gasteiger partial charge >= 0.3 is 0 Å². The molecule has 1 amide bonds. The maximum atomic E-state index is 13.3. The first-order chi connectivity index (χ1) is 12.7. The SMILES string of the molecule is CCn1nc(C)c(CN(CC2CC2)C(=O)c2ccc(C(C)(C)C)cc2)c1C. The van der Waals surface area contributed by atoms with Crippen molar-refractivity contribution in [3.63, 3.8) is 0 Å². The molecular formula is C23H33N3O. The first kappa shape index (κ1) is 19.7. The number of carbonyl (C=O) groups is 1. The first-order valence-electron chi connectivity index (χ1n) is 10.1. The van der Waals surface area contributed by atoms with Gasteiger partial charge in [0, 0.05) is 36.5 Å². The highest BCUT2D eigenvalue weighted by Gasteiger charge is 2.29. The van der Waals surface area contributed by atoms with Crippen molar-refractivity contribution < 1.29 is 4.79 Å². The van der Waals surface area contributed by atoms with Gasteiger partial charge in [0.2, 0.25) is 0 Å². The van der Waals surface area contributed by atoms with Gasteiger partial charge in [-0.2, -0.15) is 5.10 Å². The zero-order chi connectivity index (χ0) is 19.8. The van der Waals surface area contributed by atoms with Gasteiger partial charge in [-0.1, -0.05) is 32.9 Å². The molecule has 1 aromatic carbocycles. The average molecular weight is 368 g/mol. The maximum absolute atomic E-state index is 13.3. The van der Waals surface area contributed by atoms with Gasteiger partial charge in [0.1, 0.15) is 0 Å². The maximum Gasteiger partial charge on any atom is 0.254 e. The Balaban J connectivity index is 1.84. The van der Waals surface area contributed by atoms with Gasteiger partial charge in [0.05, 0.1) is 5.69 Å². The molecule has 2 aromatic rings. The molecule has 4 nitrogen and oxygen atoms in total. The molecule has 0 aliphatic heterocycles. The zero-order valence-electron chi connectivity index (χ0n) is 17.7. The molecule has 0 saturated heterocycles. The molecule has 1 aromatic heterocycles. The Hall–Kier alpha value is -2.10. The minimum Gasteiger partial charge on any atom is -0.334 e. The molecule has 4 heteroatoms. The lowest BCUT2D eigenvalue weighted by Crippen LogP contribution is -2.33. The van der Waals surface area contributed by atoms with E-state index in [9.17, 15) is 4.79 Å². The largest absolute Gasteiger partial charge is 0.334 e. The minimum absolute atomic E-state index is 0.0955. The van der Waals surface area contributed by atoms with Gasteiger partial charge < -0.3 is 4.90 Å². The summed E-state index contributed by atoms with van der Waals surface area (Å²) < 4.78 is 2.03. The molecule has 0 unspecified atom stereocenters. The number of benzene rings is 1. The Morgan fingerprint density at radius 2 is 1.81 bits per heavy atom. The molecule has 146 valence electrons. The van der Waals surface area contributed by atoms with Gasteiger partial charge in [0.25, 0.3) is 5.91 Å². The quantitative estimate of drug-likeness (QED) is 0.730. The van der Waals surface area contributed by atoms with Crippen LogP contribution in [0.3, 0.4) is 0 Å². The molecule has 1 aliphatic rings. The van der Waals surface area contributed by atoms with Crippen LogP contribution in [-0.2, 0) is 18.5 Å². The molecule has 3 rings (SSSR count). The number of aromatic nitrogens is 2. The van der Waals surface area contributed by atoms with Crippen LogP contribution >= 0.6 is 0 Å². The van der Waals surface area contributed by atoms with E-state index in [0.717, 1.165) is 24.3 Å². The van der Waals surface area contributed by atoms with E-state index in [1.807, 2.05) is 28.6 Å². The Labute approximate surface area is 163 Å². The van der Waals surface area contributed by atoms with E-state index in [1.54, 1.807) is 0 Å². The summed E-state index contributed by atoms with van der Waals surface area (Å²) in [6.07, 6.45) is 2.47. The molecular weight excluding hydrogens is 334 g/mol. The fraction of sp³-hybridized carbons (Fsp3) is 0.565. The van der Waals surface area contributed by atoms with Crippen molar-refractivity contribution in [2.45, 2.75) is 72.9 Å². The van der Waals surface area contributed by atoms with Crippen LogP contribution < -0.4 is 0 Å². The fourth-order valence-corrected chi connectivity index (χ4v) is 3.59. The van der Waals surface area contributed by atoms with Crippen molar-refractivity contribution in [2.75, 3.05) is 6.54 Å². The van der Waals surface area contributed by atoms with Crippen molar-refractivity contribution >= 4 is 5.91 Å². The molecule has 0 atom stereocenters. The fourth-order valence-electron chi connectivity index (χ4n) is 3.59. The third-order valence-corrected chi connectivity index (χ3v) is 5.64. The second kappa shape index (κ2) is 7.49. The summed E-state index contributed by atoms with van der Waals surface area (Å²) in [5.41, 5.74) is 5.53. The lowest BCUT2D eigenvalue weighted by molar-refractivity contribution is 0.0734. The molecule has 1 heterocycles. The van der Waals surface area contributed by atoms with Crippen LogP contribution in [0.2, 0.25) is 0 Å². The molecule has 1 fully saturated rings. The van der Waals surface area contributed by atoms with E-state index in [2.05, 4.69) is 51.9 Å².